The second-order valence-electron chi connectivity index (χ2n) is 5.81. The number of para-hydroxylation sites is 1. The summed E-state index contributed by atoms with van der Waals surface area (Å²) in [5.74, 6) is 0.0403. The maximum atomic E-state index is 12.4. The van der Waals surface area contributed by atoms with E-state index >= 15 is 0 Å². The minimum atomic E-state index is -0.0356. The second kappa shape index (κ2) is 7.57. The Kier molecular flexibility index (Phi) is 5.76. The summed E-state index contributed by atoms with van der Waals surface area (Å²) >= 11 is 0. The topological polar surface area (TPSA) is 58.4 Å². The number of anilines is 1. The van der Waals surface area contributed by atoms with Gasteiger partial charge in [0.15, 0.2) is 0 Å². The summed E-state index contributed by atoms with van der Waals surface area (Å²) in [7, 11) is 0. The summed E-state index contributed by atoms with van der Waals surface area (Å²) in [5.41, 5.74) is 8.12. The maximum absolute atomic E-state index is 12.4. The number of carbonyl (C=O) groups excluding carboxylic acids is 1. The van der Waals surface area contributed by atoms with Crippen molar-refractivity contribution in [2.24, 2.45) is 11.7 Å². The Labute approximate surface area is 127 Å². The van der Waals surface area contributed by atoms with Crippen LogP contribution in [0.2, 0.25) is 0 Å². The normalized spacial score (nSPS) is 21.7. The van der Waals surface area contributed by atoms with Gasteiger partial charge < -0.3 is 11.1 Å². The largest absolute Gasteiger partial charge is 0.327 e. The highest BCUT2D eigenvalue weighted by Gasteiger charge is 2.30. The van der Waals surface area contributed by atoms with Crippen LogP contribution in [0.25, 0.3) is 0 Å². The van der Waals surface area contributed by atoms with E-state index in [1.54, 1.807) is 0 Å². The lowest BCUT2D eigenvalue weighted by Crippen LogP contribution is -2.34. The molecule has 0 spiro atoms. The molecule has 1 saturated carbocycles. The number of hydrogen-bond donors (Lipinski definition) is 2. The number of carbonyl (C=O) groups is 1. The Morgan fingerprint density at radius 1 is 1.29 bits per heavy atom. The molecular formula is C17H27N3O. The number of nitrogens with two attached hydrogens (primary N) is 1. The fourth-order valence-corrected chi connectivity index (χ4v) is 3.01. The van der Waals surface area contributed by atoms with E-state index in [0.717, 1.165) is 44.6 Å². The number of amides is 1. The molecule has 1 aliphatic rings. The van der Waals surface area contributed by atoms with Crippen molar-refractivity contribution in [1.29, 1.82) is 0 Å². The third-order valence-corrected chi connectivity index (χ3v) is 4.47. The summed E-state index contributed by atoms with van der Waals surface area (Å²) in [6, 6.07) is 8.07. The Bertz CT molecular complexity index is 471. The maximum Gasteiger partial charge on any atom is 0.229 e. The van der Waals surface area contributed by atoms with E-state index < -0.39 is 0 Å². The van der Waals surface area contributed by atoms with Gasteiger partial charge in [0.1, 0.15) is 0 Å². The number of benzene rings is 1. The summed E-state index contributed by atoms with van der Waals surface area (Å²) < 4.78 is 0. The van der Waals surface area contributed by atoms with Crippen LogP contribution in [-0.2, 0) is 11.3 Å². The first kappa shape index (κ1) is 16.0. The summed E-state index contributed by atoms with van der Waals surface area (Å²) in [4.78, 5) is 14.7. The highest BCUT2D eigenvalue weighted by Crippen LogP contribution is 2.26. The fourth-order valence-electron chi connectivity index (χ4n) is 3.01. The van der Waals surface area contributed by atoms with E-state index in [2.05, 4.69) is 30.1 Å². The Balaban J connectivity index is 2.07. The van der Waals surface area contributed by atoms with Gasteiger partial charge in [-0.3, -0.25) is 9.69 Å². The van der Waals surface area contributed by atoms with Crippen molar-refractivity contribution in [2.75, 3.05) is 18.4 Å². The predicted octanol–water partition coefficient (Wildman–Crippen LogP) is 2.59. The summed E-state index contributed by atoms with van der Waals surface area (Å²) in [6.07, 6.45) is 2.92. The number of hydrogen-bond acceptors (Lipinski definition) is 3. The molecule has 4 nitrogen and oxygen atoms in total. The third-order valence-electron chi connectivity index (χ3n) is 4.47. The highest BCUT2D eigenvalue weighted by atomic mass is 16.1. The molecule has 4 heteroatoms. The molecule has 21 heavy (non-hydrogen) atoms. The number of rotatable bonds is 6. The average molecular weight is 289 g/mol. The third kappa shape index (κ3) is 4.05. The molecule has 0 aliphatic heterocycles. The molecule has 0 radical (unpaired) electrons. The van der Waals surface area contributed by atoms with Crippen LogP contribution in [0, 0.1) is 5.92 Å². The molecule has 2 rings (SSSR count). The van der Waals surface area contributed by atoms with Crippen LogP contribution in [0.3, 0.4) is 0 Å². The molecule has 0 heterocycles. The minimum absolute atomic E-state index is 0.0138. The smallest absolute Gasteiger partial charge is 0.229 e. The van der Waals surface area contributed by atoms with E-state index in [9.17, 15) is 4.79 Å². The zero-order valence-corrected chi connectivity index (χ0v) is 13.1. The van der Waals surface area contributed by atoms with Crippen molar-refractivity contribution in [2.45, 2.75) is 45.7 Å². The molecule has 0 saturated heterocycles. The standard InChI is InChI=1S/C17H27N3O/c1-3-20(4-2)12-13-8-5-6-11-16(13)19-17(21)14-9-7-10-15(14)18/h5-6,8,11,14-15H,3-4,7,9-10,12,18H2,1-2H3,(H,19,21). The van der Waals surface area contributed by atoms with Gasteiger partial charge in [0.2, 0.25) is 5.91 Å². The van der Waals surface area contributed by atoms with Crippen molar-refractivity contribution in [3.05, 3.63) is 29.8 Å². The van der Waals surface area contributed by atoms with E-state index in [0.29, 0.717) is 0 Å². The average Bonchev–Trinajstić information content (AvgIpc) is 2.92. The van der Waals surface area contributed by atoms with E-state index in [-0.39, 0.29) is 17.9 Å². The number of nitrogens with one attached hydrogen (secondary N) is 1. The molecule has 1 aliphatic carbocycles. The van der Waals surface area contributed by atoms with Gasteiger partial charge in [-0.25, -0.2) is 0 Å². The van der Waals surface area contributed by atoms with Crippen LogP contribution in [0.5, 0.6) is 0 Å². The molecule has 1 amide bonds. The van der Waals surface area contributed by atoms with Crippen molar-refractivity contribution in [1.82, 2.24) is 4.90 Å². The molecule has 1 aromatic rings. The zero-order valence-electron chi connectivity index (χ0n) is 13.1. The summed E-state index contributed by atoms with van der Waals surface area (Å²) in [5, 5.41) is 3.09. The monoisotopic (exact) mass is 289 g/mol. The molecule has 0 aromatic heterocycles. The van der Waals surface area contributed by atoms with Crippen molar-refractivity contribution in [3.8, 4) is 0 Å². The second-order valence-corrected chi connectivity index (χ2v) is 5.81. The first-order valence-electron chi connectivity index (χ1n) is 8.02. The quantitative estimate of drug-likeness (QED) is 0.846. The lowest BCUT2D eigenvalue weighted by atomic mass is 10.0. The van der Waals surface area contributed by atoms with E-state index in [1.165, 1.54) is 5.56 Å². The zero-order chi connectivity index (χ0) is 15.2. The van der Waals surface area contributed by atoms with Gasteiger partial charge in [-0.2, -0.15) is 0 Å². The number of nitrogens with zero attached hydrogens (tertiary/aromatic N) is 1. The van der Waals surface area contributed by atoms with Crippen LogP contribution < -0.4 is 11.1 Å². The molecular weight excluding hydrogens is 262 g/mol. The van der Waals surface area contributed by atoms with Gasteiger partial charge in [-0.1, -0.05) is 38.5 Å². The highest BCUT2D eigenvalue weighted by molar-refractivity contribution is 5.93. The van der Waals surface area contributed by atoms with Gasteiger partial charge in [0.05, 0.1) is 5.92 Å². The van der Waals surface area contributed by atoms with E-state index in [1.807, 2.05) is 18.2 Å². The van der Waals surface area contributed by atoms with Gasteiger partial charge in [0.25, 0.3) is 0 Å². The first-order chi connectivity index (χ1) is 10.2. The molecule has 1 fully saturated rings. The van der Waals surface area contributed by atoms with Crippen LogP contribution >= 0.6 is 0 Å². The summed E-state index contributed by atoms with van der Waals surface area (Å²) in [6.45, 7) is 7.18. The molecule has 1 aromatic carbocycles. The molecule has 0 bridgehead atoms. The first-order valence-corrected chi connectivity index (χ1v) is 8.02. The molecule has 2 atom stereocenters. The van der Waals surface area contributed by atoms with E-state index in [4.69, 9.17) is 5.73 Å². The lowest BCUT2D eigenvalue weighted by molar-refractivity contribution is -0.120. The van der Waals surface area contributed by atoms with Crippen LogP contribution in [0.1, 0.15) is 38.7 Å². The predicted molar refractivity (Wildman–Crippen MR) is 87.0 cm³/mol. The molecule has 2 unspecified atom stereocenters. The molecule has 116 valence electrons. The van der Waals surface area contributed by atoms with Gasteiger partial charge in [0, 0.05) is 18.3 Å². The Hall–Kier alpha value is -1.39. The van der Waals surface area contributed by atoms with Gasteiger partial charge in [-0.05, 0) is 37.6 Å². The van der Waals surface area contributed by atoms with Gasteiger partial charge >= 0.3 is 0 Å². The van der Waals surface area contributed by atoms with Crippen LogP contribution in [0.4, 0.5) is 5.69 Å². The van der Waals surface area contributed by atoms with Crippen LogP contribution in [-0.4, -0.2) is 29.9 Å². The molecule has 3 N–H and O–H groups in total. The Morgan fingerprint density at radius 3 is 2.62 bits per heavy atom. The fraction of sp³-hybridized carbons (Fsp3) is 0.588. The Morgan fingerprint density at radius 2 is 2.00 bits per heavy atom. The van der Waals surface area contributed by atoms with Gasteiger partial charge in [-0.15, -0.1) is 0 Å². The van der Waals surface area contributed by atoms with Crippen molar-refractivity contribution < 1.29 is 4.79 Å². The van der Waals surface area contributed by atoms with Crippen molar-refractivity contribution >= 4 is 11.6 Å². The van der Waals surface area contributed by atoms with Crippen LogP contribution in [0.15, 0.2) is 24.3 Å². The SMILES string of the molecule is CCN(CC)Cc1ccccc1NC(=O)C1CCCC1N. The van der Waals surface area contributed by atoms with Crippen molar-refractivity contribution in [3.63, 3.8) is 0 Å². The lowest BCUT2D eigenvalue weighted by Gasteiger charge is -2.21. The minimum Gasteiger partial charge on any atom is -0.327 e.